The first kappa shape index (κ1) is 13.8. The van der Waals surface area contributed by atoms with Crippen LogP contribution in [0.1, 0.15) is 30.5 Å². The van der Waals surface area contributed by atoms with Gasteiger partial charge < -0.3 is 5.32 Å². The molecule has 19 heavy (non-hydrogen) atoms. The standard InChI is InChI=1S/C18H23N/c1-4-15-7-6-8-17(11-15)18-12-16(13-19-5-2)10-9-14(18)3/h6-12,19H,4-5,13H2,1-3H3. The van der Waals surface area contributed by atoms with E-state index in [2.05, 4.69) is 68.6 Å². The van der Waals surface area contributed by atoms with Gasteiger partial charge in [-0.15, -0.1) is 0 Å². The molecule has 0 saturated heterocycles. The summed E-state index contributed by atoms with van der Waals surface area (Å²) in [6.45, 7) is 8.48. The van der Waals surface area contributed by atoms with Gasteiger partial charge in [0.05, 0.1) is 0 Å². The van der Waals surface area contributed by atoms with Crippen molar-refractivity contribution >= 4 is 0 Å². The molecule has 0 fully saturated rings. The fourth-order valence-electron chi connectivity index (χ4n) is 2.32. The number of hydrogen-bond donors (Lipinski definition) is 1. The molecule has 0 aromatic heterocycles. The fraction of sp³-hybridized carbons (Fsp3) is 0.333. The third kappa shape index (κ3) is 3.45. The maximum atomic E-state index is 3.39. The number of nitrogens with one attached hydrogen (secondary N) is 1. The Balaban J connectivity index is 2.36. The van der Waals surface area contributed by atoms with Crippen molar-refractivity contribution in [3.8, 4) is 11.1 Å². The van der Waals surface area contributed by atoms with Crippen LogP contribution < -0.4 is 5.32 Å². The molecule has 0 saturated carbocycles. The van der Waals surface area contributed by atoms with Gasteiger partial charge >= 0.3 is 0 Å². The summed E-state index contributed by atoms with van der Waals surface area (Å²) in [4.78, 5) is 0. The molecule has 0 unspecified atom stereocenters. The SMILES string of the molecule is CCNCc1ccc(C)c(-c2cccc(CC)c2)c1. The third-order valence-electron chi connectivity index (χ3n) is 3.53. The minimum atomic E-state index is 0.942. The molecule has 2 aromatic rings. The lowest BCUT2D eigenvalue weighted by molar-refractivity contribution is 0.727. The average Bonchev–Trinajstić information content (AvgIpc) is 2.46. The second-order valence-electron chi connectivity index (χ2n) is 4.98. The van der Waals surface area contributed by atoms with Gasteiger partial charge in [-0.25, -0.2) is 0 Å². The topological polar surface area (TPSA) is 12.0 Å². The van der Waals surface area contributed by atoms with Crippen molar-refractivity contribution in [2.45, 2.75) is 33.7 Å². The van der Waals surface area contributed by atoms with Gasteiger partial charge in [0.1, 0.15) is 0 Å². The van der Waals surface area contributed by atoms with Crippen molar-refractivity contribution in [2.24, 2.45) is 0 Å². The van der Waals surface area contributed by atoms with Crippen molar-refractivity contribution in [1.29, 1.82) is 0 Å². The maximum absolute atomic E-state index is 3.39. The zero-order chi connectivity index (χ0) is 13.7. The van der Waals surface area contributed by atoms with Gasteiger partial charge in [-0.2, -0.15) is 0 Å². The molecule has 2 aromatic carbocycles. The largest absolute Gasteiger partial charge is 0.313 e. The first-order valence-electron chi connectivity index (χ1n) is 7.14. The van der Waals surface area contributed by atoms with E-state index in [0.29, 0.717) is 0 Å². The van der Waals surface area contributed by atoms with Gasteiger partial charge in [-0.05, 0) is 53.8 Å². The summed E-state index contributed by atoms with van der Waals surface area (Å²) in [7, 11) is 0. The van der Waals surface area contributed by atoms with Gasteiger partial charge in [-0.1, -0.05) is 50.2 Å². The second-order valence-corrected chi connectivity index (χ2v) is 4.98. The number of rotatable bonds is 5. The number of hydrogen-bond acceptors (Lipinski definition) is 1. The molecule has 2 rings (SSSR count). The van der Waals surface area contributed by atoms with E-state index in [4.69, 9.17) is 0 Å². The van der Waals surface area contributed by atoms with Crippen molar-refractivity contribution in [3.63, 3.8) is 0 Å². The Hall–Kier alpha value is -1.60. The van der Waals surface area contributed by atoms with Gasteiger partial charge in [-0.3, -0.25) is 0 Å². The van der Waals surface area contributed by atoms with E-state index in [1.165, 1.54) is 27.8 Å². The highest BCUT2D eigenvalue weighted by atomic mass is 14.8. The van der Waals surface area contributed by atoms with E-state index in [1.807, 2.05) is 0 Å². The Kier molecular flexibility index (Phi) is 4.75. The lowest BCUT2D eigenvalue weighted by Crippen LogP contribution is -2.11. The van der Waals surface area contributed by atoms with E-state index in [1.54, 1.807) is 0 Å². The molecular formula is C18H23N. The molecule has 1 N–H and O–H groups in total. The fourth-order valence-corrected chi connectivity index (χ4v) is 2.32. The summed E-state index contributed by atoms with van der Waals surface area (Å²) < 4.78 is 0. The van der Waals surface area contributed by atoms with Crippen LogP contribution in [0.25, 0.3) is 11.1 Å². The molecular weight excluding hydrogens is 230 g/mol. The van der Waals surface area contributed by atoms with E-state index in [-0.39, 0.29) is 0 Å². The van der Waals surface area contributed by atoms with Gasteiger partial charge in [0, 0.05) is 6.54 Å². The van der Waals surface area contributed by atoms with E-state index < -0.39 is 0 Å². The zero-order valence-electron chi connectivity index (χ0n) is 12.2. The summed E-state index contributed by atoms with van der Waals surface area (Å²) in [5, 5.41) is 3.39. The van der Waals surface area contributed by atoms with E-state index in [0.717, 1.165) is 19.5 Å². The Morgan fingerprint density at radius 3 is 2.53 bits per heavy atom. The minimum Gasteiger partial charge on any atom is -0.313 e. The van der Waals surface area contributed by atoms with Gasteiger partial charge in [0.2, 0.25) is 0 Å². The second kappa shape index (κ2) is 6.53. The first-order valence-corrected chi connectivity index (χ1v) is 7.14. The van der Waals surface area contributed by atoms with Crippen LogP contribution in [0, 0.1) is 6.92 Å². The average molecular weight is 253 g/mol. The molecule has 0 radical (unpaired) electrons. The molecule has 0 heterocycles. The molecule has 0 aliphatic heterocycles. The highest BCUT2D eigenvalue weighted by Gasteiger charge is 2.04. The van der Waals surface area contributed by atoms with Gasteiger partial charge in [0.15, 0.2) is 0 Å². The highest BCUT2D eigenvalue weighted by Crippen LogP contribution is 2.25. The Morgan fingerprint density at radius 2 is 1.79 bits per heavy atom. The summed E-state index contributed by atoms with van der Waals surface area (Å²) in [6, 6.07) is 15.6. The van der Waals surface area contributed by atoms with Crippen molar-refractivity contribution in [3.05, 3.63) is 59.2 Å². The predicted octanol–water partition coefficient (Wildman–Crippen LogP) is 4.33. The van der Waals surface area contributed by atoms with Crippen LogP contribution in [0.5, 0.6) is 0 Å². The zero-order valence-corrected chi connectivity index (χ0v) is 12.2. The molecule has 0 atom stereocenters. The first-order chi connectivity index (χ1) is 9.24. The normalized spacial score (nSPS) is 10.7. The maximum Gasteiger partial charge on any atom is 0.0205 e. The predicted molar refractivity (Wildman–Crippen MR) is 83.4 cm³/mol. The molecule has 1 nitrogen and oxygen atoms in total. The lowest BCUT2D eigenvalue weighted by Gasteiger charge is -2.11. The lowest BCUT2D eigenvalue weighted by atomic mass is 9.96. The molecule has 1 heteroatoms. The van der Waals surface area contributed by atoms with Crippen molar-refractivity contribution in [1.82, 2.24) is 5.32 Å². The Labute approximate surface area is 116 Å². The summed E-state index contributed by atoms with van der Waals surface area (Å²) in [5.41, 5.74) is 6.77. The molecule has 0 amide bonds. The third-order valence-corrected chi connectivity index (χ3v) is 3.53. The molecule has 100 valence electrons. The molecule has 0 bridgehead atoms. The van der Waals surface area contributed by atoms with Crippen molar-refractivity contribution in [2.75, 3.05) is 6.54 Å². The summed E-state index contributed by atoms with van der Waals surface area (Å²) in [5.74, 6) is 0. The van der Waals surface area contributed by atoms with Crippen LogP contribution in [-0.4, -0.2) is 6.54 Å². The van der Waals surface area contributed by atoms with Gasteiger partial charge in [0.25, 0.3) is 0 Å². The van der Waals surface area contributed by atoms with Crippen LogP contribution in [-0.2, 0) is 13.0 Å². The van der Waals surface area contributed by atoms with Crippen molar-refractivity contribution < 1.29 is 0 Å². The van der Waals surface area contributed by atoms with E-state index in [9.17, 15) is 0 Å². The monoisotopic (exact) mass is 253 g/mol. The number of aryl methyl sites for hydroxylation is 2. The molecule has 0 spiro atoms. The minimum absolute atomic E-state index is 0.942. The smallest absolute Gasteiger partial charge is 0.0205 e. The van der Waals surface area contributed by atoms with Crippen LogP contribution in [0.2, 0.25) is 0 Å². The van der Waals surface area contributed by atoms with Crippen LogP contribution in [0.3, 0.4) is 0 Å². The number of benzene rings is 2. The molecule has 0 aliphatic carbocycles. The Morgan fingerprint density at radius 1 is 0.947 bits per heavy atom. The highest BCUT2D eigenvalue weighted by molar-refractivity contribution is 5.68. The van der Waals surface area contributed by atoms with Crippen LogP contribution in [0.15, 0.2) is 42.5 Å². The van der Waals surface area contributed by atoms with Crippen LogP contribution in [0.4, 0.5) is 0 Å². The quantitative estimate of drug-likeness (QED) is 0.836. The summed E-state index contributed by atoms with van der Waals surface area (Å²) in [6.07, 6.45) is 1.09. The van der Waals surface area contributed by atoms with E-state index >= 15 is 0 Å². The molecule has 0 aliphatic rings. The summed E-state index contributed by atoms with van der Waals surface area (Å²) >= 11 is 0. The Bertz CT molecular complexity index is 543. The van der Waals surface area contributed by atoms with Crippen LogP contribution >= 0.6 is 0 Å².